The molecule has 1 saturated heterocycles. The third-order valence-electron chi connectivity index (χ3n) is 13.0. The van der Waals surface area contributed by atoms with Crippen molar-refractivity contribution in [2.75, 3.05) is 0 Å². The van der Waals surface area contributed by atoms with E-state index in [0.717, 1.165) is 25.7 Å². The Balaban J connectivity index is 1.54. The predicted octanol–water partition coefficient (Wildman–Crippen LogP) is 5.74. The predicted molar refractivity (Wildman–Crippen MR) is 156 cm³/mol. The van der Waals surface area contributed by atoms with Gasteiger partial charge in [0.1, 0.15) is 18.3 Å². The first-order valence-corrected chi connectivity index (χ1v) is 15.9. The van der Waals surface area contributed by atoms with E-state index in [1.807, 2.05) is 13.8 Å². The molecule has 4 aliphatic carbocycles. The molecule has 0 amide bonds. The fourth-order valence-electron chi connectivity index (χ4n) is 11.1. The Morgan fingerprint density at radius 3 is 2.22 bits per heavy atom. The average molecular weight is 575 g/mol. The molecule has 41 heavy (non-hydrogen) atoms. The van der Waals surface area contributed by atoms with Crippen LogP contribution >= 0.6 is 0 Å². The van der Waals surface area contributed by atoms with Crippen LogP contribution in [0.1, 0.15) is 114 Å². The molecule has 5 aliphatic rings. The highest BCUT2D eigenvalue weighted by atomic mass is 16.6. The first kappa shape index (κ1) is 31.0. The standard InChI is InChI=1S/C34H54O7/c1-18(15-25(40-20(3)36)29-31(6,7)41-29)21-11-13-33(9)22(21)16-24(39-19(2)35)27-32(8)17-23(37)28(38)30(4,5)26(32)12-14-34(27,33)10/h18,23-29,37-38H,11-17H2,1-10H3/t18-,23+,24+,25+,26+,27+,28+,29-,32+,33+,34+/m1/s1. The Kier molecular flexibility index (Phi) is 7.40. The lowest BCUT2D eigenvalue weighted by atomic mass is 9.35. The molecule has 4 fully saturated rings. The first-order valence-electron chi connectivity index (χ1n) is 15.9. The van der Waals surface area contributed by atoms with Crippen LogP contribution in [0.2, 0.25) is 0 Å². The molecule has 0 aromatic rings. The van der Waals surface area contributed by atoms with Crippen molar-refractivity contribution in [3.63, 3.8) is 0 Å². The van der Waals surface area contributed by atoms with Crippen LogP contribution in [0.15, 0.2) is 11.1 Å². The third-order valence-corrected chi connectivity index (χ3v) is 13.0. The zero-order valence-corrected chi connectivity index (χ0v) is 27.0. The molecular formula is C34H54O7. The van der Waals surface area contributed by atoms with Crippen molar-refractivity contribution in [1.82, 2.24) is 0 Å². The first-order chi connectivity index (χ1) is 18.8. The highest BCUT2D eigenvalue weighted by molar-refractivity contribution is 5.66. The molecule has 5 rings (SSSR count). The number of carbonyl (C=O) groups is 2. The third kappa shape index (κ3) is 4.63. The summed E-state index contributed by atoms with van der Waals surface area (Å²) in [5.74, 6) is -0.0646. The van der Waals surface area contributed by atoms with Crippen LogP contribution in [0, 0.1) is 39.4 Å². The molecule has 2 N–H and O–H groups in total. The van der Waals surface area contributed by atoms with Gasteiger partial charge in [0.15, 0.2) is 0 Å². The molecule has 11 atom stereocenters. The van der Waals surface area contributed by atoms with Gasteiger partial charge in [-0.05, 0) is 85.9 Å². The molecule has 0 spiro atoms. The van der Waals surface area contributed by atoms with Gasteiger partial charge >= 0.3 is 11.9 Å². The Labute approximate surface area is 246 Å². The lowest BCUT2D eigenvalue weighted by Crippen LogP contribution is -2.68. The number of allylic oxidation sites excluding steroid dienone is 1. The largest absolute Gasteiger partial charge is 0.462 e. The molecule has 0 aromatic heterocycles. The topological polar surface area (TPSA) is 106 Å². The summed E-state index contributed by atoms with van der Waals surface area (Å²) in [6.07, 6.45) is 3.66. The maximum absolute atomic E-state index is 12.6. The second-order valence-corrected chi connectivity index (χ2v) is 16.1. The van der Waals surface area contributed by atoms with Gasteiger partial charge in [-0.2, -0.15) is 0 Å². The molecule has 7 heteroatoms. The second-order valence-electron chi connectivity index (χ2n) is 16.1. The highest BCUT2D eigenvalue weighted by Gasteiger charge is 2.71. The van der Waals surface area contributed by atoms with Crippen LogP contribution < -0.4 is 0 Å². The Bertz CT molecular complexity index is 1120. The van der Waals surface area contributed by atoms with Gasteiger partial charge in [-0.15, -0.1) is 0 Å². The molecule has 0 unspecified atom stereocenters. The van der Waals surface area contributed by atoms with Gasteiger partial charge in [0, 0.05) is 26.2 Å². The van der Waals surface area contributed by atoms with E-state index >= 15 is 0 Å². The number of aliphatic hydroxyl groups excluding tert-OH is 2. The van der Waals surface area contributed by atoms with Crippen molar-refractivity contribution in [2.24, 2.45) is 39.4 Å². The molecule has 7 nitrogen and oxygen atoms in total. The van der Waals surface area contributed by atoms with Crippen LogP contribution in [0.3, 0.4) is 0 Å². The van der Waals surface area contributed by atoms with Gasteiger partial charge < -0.3 is 24.4 Å². The molecule has 1 aliphatic heterocycles. The number of hydrogen-bond acceptors (Lipinski definition) is 7. The minimum Gasteiger partial charge on any atom is -0.462 e. The van der Waals surface area contributed by atoms with E-state index in [9.17, 15) is 19.8 Å². The number of aliphatic hydroxyl groups is 2. The minimum atomic E-state index is -0.803. The van der Waals surface area contributed by atoms with Crippen LogP contribution in [0.5, 0.6) is 0 Å². The van der Waals surface area contributed by atoms with Gasteiger partial charge in [0.25, 0.3) is 0 Å². The van der Waals surface area contributed by atoms with E-state index in [-0.39, 0.29) is 69.9 Å². The Morgan fingerprint density at radius 2 is 1.66 bits per heavy atom. The molecule has 3 saturated carbocycles. The zero-order valence-electron chi connectivity index (χ0n) is 27.0. The van der Waals surface area contributed by atoms with E-state index in [1.165, 1.54) is 25.0 Å². The normalized spacial score (nSPS) is 45.6. The second kappa shape index (κ2) is 9.79. The maximum atomic E-state index is 12.6. The van der Waals surface area contributed by atoms with Gasteiger partial charge in [0.2, 0.25) is 0 Å². The number of ether oxygens (including phenoxy) is 3. The summed E-state index contributed by atoms with van der Waals surface area (Å²) < 4.78 is 18.0. The number of hydrogen-bond donors (Lipinski definition) is 2. The Morgan fingerprint density at radius 1 is 1.02 bits per heavy atom. The summed E-state index contributed by atoms with van der Waals surface area (Å²) in [5.41, 5.74) is 1.63. The molecule has 0 radical (unpaired) electrons. The summed E-state index contributed by atoms with van der Waals surface area (Å²) in [6.45, 7) is 20.6. The van der Waals surface area contributed by atoms with E-state index in [2.05, 4.69) is 41.5 Å². The minimum absolute atomic E-state index is 0.0661. The van der Waals surface area contributed by atoms with E-state index < -0.39 is 17.6 Å². The zero-order chi connectivity index (χ0) is 30.5. The van der Waals surface area contributed by atoms with E-state index in [1.54, 1.807) is 0 Å². The van der Waals surface area contributed by atoms with Crippen molar-refractivity contribution in [3.05, 3.63) is 11.1 Å². The van der Waals surface area contributed by atoms with E-state index in [4.69, 9.17) is 14.2 Å². The van der Waals surface area contributed by atoms with E-state index in [0.29, 0.717) is 19.3 Å². The van der Waals surface area contributed by atoms with Gasteiger partial charge in [-0.25, -0.2) is 0 Å². The molecule has 0 aromatic carbocycles. The lowest BCUT2D eigenvalue weighted by Gasteiger charge is -2.70. The summed E-state index contributed by atoms with van der Waals surface area (Å²) in [7, 11) is 0. The van der Waals surface area contributed by atoms with Crippen molar-refractivity contribution in [1.29, 1.82) is 0 Å². The number of fused-ring (bicyclic) bond motifs is 5. The quantitative estimate of drug-likeness (QED) is 0.237. The number of epoxide rings is 1. The molecule has 0 bridgehead atoms. The summed E-state index contributed by atoms with van der Waals surface area (Å²) in [5, 5.41) is 22.2. The van der Waals surface area contributed by atoms with Crippen LogP contribution in [-0.2, 0) is 23.8 Å². The lowest BCUT2D eigenvalue weighted by molar-refractivity contribution is -0.253. The van der Waals surface area contributed by atoms with Gasteiger partial charge in [-0.1, -0.05) is 52.7 Å². The summed E-state index contributed by atoms with van der Waals surface area (Å²) >= 11 is 0. The molecule has 232 valence electrons. The Hall–Kier alpha value is -1.44. The summed E-state index contributed by atoms with van der Waals surface area (Å²) in [4.78, 5) is 24.6. The van der Waals surface area contributed by atoms with Crippen LogP contribution in [0.25, 0.3) is 0 Å². The van der Waals surface area contributed by atoms with Crippen molar-refractivity contribution in [3.8, 4) is 0 Å². The van der Waals surface area contributed by atoms with Crippen LogP contribution in [0.4, 0.5) is 0 Å². The maximum Gasteiger partial charge on any atom is 0.302 e. The highest BCUT2D eigenvalue weighted by Crippen LogP contribution is 2.75. The van der Waals surface area contributed by atoms with Gasteiger partial charge in [-0.3, -0.25) is 9.59 Å². The fraction of sp³-hybridized carbons (Fsp3) is 0.882. The monoisotopic (exact) mass is 574 g/mol. The SMILES string of the molecule is CC(=O)O[C@@H](C[C@@H](C)C1=C2C[C@H](OC(C)=O)[C@H]3[C@@]4(C)C[C@H](O)[C@H](O)C(C)(C)[C@@H]4CC[C@]3(C)[C@@]2(C)CC1)[C@H]1OC1(C)C. The van der Waals surface area contributed by atoms with Crippen molar-refractivity contribution < 1.29 is 34.0 Å². The van der Waals surface area contributed by atoms with Crippen molar-refractivity contribution in [2.45, 2.75) is 150 Å². The molecular weight excluding hydrogens is 520 g/mol. The van der Waals surface area contributed by atoms with Crippen LogP contribution in [-0.4, -0.2) is 58.3 Å². The number of esters is 2. The van der Waals surface area contributed by atoms with Gasteiger partial charge in [0.05, 0.1) is 17.8 Å². The number of rotatable bonds is 6. The fourth-order valence-corrected chi connectivity index (χ4v) is 11.1. The van der Waals surface area contributed by atoms with Crippen molar-refractivity contribution >= 4 is 11.9 Å². The smallest absolute Gasteiger partial charge is 0.302 e. The summed E-state index contributed by atoms with van der Waals surface area (Å²) in [6, 6.07) is 0. The average Bonchev–Trinajstić information content (AvgIpc) is 3.32. The number of carbonyl (C=O) groups excluding carboxylic acids is 2. The molecule has 1 heterocycles.